The van der Waals surface area contributed by atoms with Crippen LogP contribution in [0.3, 0.4) is 0 Å². The third-order valence-electron chi connectivity index (χ3n) is 5.17. The zero-order valence-electron chi connectivity index (χ0n) is 19.6. The number of nitrogens with one attached hydrogen (secondary N) is 1. The van der Waals surface area contributed by atoms with Gasteiger partial charge in [0.2, 0.25) is 0 Å². The molecule has 0 unspecified atom stereocenters. The predicted octanol–water partition coefficient (Wildman–Crippen LogP) is 5.92. The minimum Gasteiger partial charge on any atom is -0.497 e. The number of hydrogen-bond acceptors (Lipinski definition) is 7. The fourth-order valence-corrected chi connectivity index (χ4v) is 4.86. The summed E-state index contributed by atoms with van der Waals surface area (Å²) in [6.45, 7) is -0.314. The molecule has 3 aromatic rings. The fourth-order valence-electron chi connectivity index (χ4n) is 3.38. The van der Waals surface area contributed by atoms with Crippen molar-refractivity contribution in [3.8, 4) is 17.2 Å². The summed E-state index contributed by atoms with van der Waals surface area (Å²) in [6.07, 6.45) is 1.71. The van der Waals surface area contributed by atoms with Gasteiger partial charge in [0.1, 0.15) is 11.6 Å². The summed E-state index contributed by atoms with van der Waals surface area (Å²) in [5.41, 5.74) is 1.67. The maximum Gasteiger partial charge on any atom is 0.270 e. The average molecular weight is 559 g/mol. The van der Waals surface area contributed by atoms with Gasteiger partial charge in [-0.1, -0.05) is 41.6 Å². The quantitative estimate of drug-likeness (QED) is 0.272. The van der Waals surface area contributed by atoms with Gasteiger partial charge < -0.3 is 19.5 Å². The maximum atomic E-state index is 13.3. The highest BCUT2D eigenvalue weighted by Crippen LogP contribution is 2.37. The van der Waals surface area contributed by atoms with E-state index in [9.17, 15) is 14.0 Å². The fraction of sp³-hybridized carbons (Fsp3) is 0.115. The predicted molar refractivity (Wildman–Crippen MR) is 147 cm³/mol. The molecule has 11 heteroatoms. The smallest absolute Gasteiger partial charge is 0.270 e. The Morgan fingerprint density at radius 3 is 2.51 bits per heavy atom. The Bertz CT molecular complexity index is 1400. The minimum absolute atomic E-state index is 0.100. The van der Waals surface area contributed by atoms with E-state index in [1.807, 2.05) is 0 Å². The molecule has 4 rings (SSSR count). The molecule has 1 aliphatic rings. The van der Waals surface area contributed by atoms with E-state index in [4.69, 9.17) is 38.0 Å². The molecule has 1 fully saturated rings. The number of nitrogens with zero attached hydrogens (tertiary/aromatic N) is 1. The van der Waals surface area contributed by atoms with E-state index in [2.05, 4.69) is 5.32 Å². The van der Waals surface area contributed by atoms with E-state index in [-0.39, 0.29) is 17.5 Å². The van der Waals surface area contributed by atoms with E-state index < -0.39 is 11.7 Å². The van der Waals surface area contributed by atoms with Crippen LogP contribution in [0.1, 0.15) is 5.56 Å². The summed E-state index contributed by atoms with van der Waals surface area (Å²) in [4.78, 5) is 27.2. The SMILES string of the molecule is COc1ccc(N2C(=O)/C(=C/c3ccc(OCC(=O)Nc4ccc(F)c(Cl)c4)c(OC)c3)SC2=S)cc1. The van der Waals surface area contributed by atoms with Gasteiger partial charge in [0.25, 0.3) is 11.8 Å². The van der Waals surface area contributed by atoms with E-state index >= 15 is 0 Å². The lowest BCUT2D eigenvalue weighted by Crippen LogP contribution is -2.27. The summed E-state index contributed by atoms with van der Waals surface area (Å²) in [6, 6.07) is 16.0. The van der Waals surface area contributed by atoms with Crippen molar-refractivity contribution in [2.24, 2.45) is 0 Å². The number of carbonyl (C=O) groups is 2. The Kier molecular flexibility index (Phi) is 8.32. The van der Waals surface area contributed by atoms with Gasteiger partial charge in [-0.2, -0.15) is 0 Å². The van der Waals surface area contributed by atoms with Crippen molar-refractivity contribution in [1.82, 2.24) is 0 Å². The average Bonchev–Trinajstić information content (AvgIpc) is 3.17. The molecule has 0 aliphatic carbocycles. The number of benzene rings is 3. The maximum absolute atomic E-state index is 13.3. The van der Waals surface area contributed by atoms with Gasteiger partial charge in [0.05, 0.1) is 29.8 Å². The normalized spacial score (nSPS) is 14.2. The minimum atomic E-state index is -0.580. The second kappa shape index (κ2) is 11.6. The number of anilines is 2. The summed E-state index contributed by atoms with van der Waals surface area (Å²) in [5, 5.41) is 2.48. The van der Waals surface area contributed by atoms with Crippen LogP contribution in [0.4, 0.5) is 15.8 Å². The van der Waals surface area contributed by atoms with Crippen LogP contribution in [0.2, 0.25) is 5.02 Å². The third kappa shape index (κ3) is 6.22. The molecule has 0 spiro atoms. The van der Waals surface area contributed by atoms with E-state index in [1.165, 1.54) is 35.9 Å². The lowest BCUT2D eigenvalue weighted by molar-refractivity contribution is -0.118. The van der Waals surface area contributed by atoms with Crippen molar-refractivity contribution in [3.05, 3.63) is 82.0 Å². The molecule has 3 aromatic carbocycles. The highest BCUT2D eigenvalue weighted by atomic mass is 35.5. The number of rotatable bonds is 8. The van der Waals surface area contributed by atoms with Gasteiger partial charge in [0, 0.05) is 5.69 Å². The van der Waals surface area contributed by atoms with Crippen LogP contribution in [0.15, 0.2) is 65.6 Å². The van der Waals surface area contributed by atoms with Crippen LogP contribution < -0.4 is 24.4 Å². The standard InChI is InChI=1S/C26H20ClFN2O5S2/c1-33-18-7-5-17(6-8-18)30-25(32)23(37-26(30)36)12-15-3-10-21(22(11-15)34-2)35-14-24(31)29-16-4-9-20(28)19(27)13-16/h3-13H,14H2,1-2H3,(H,29,31)/b23-12-. The highest BCUT2D eigenvalue weighted by molar-refractivity contribution is 8.27. The molecule has 7 nitrogen and oxygen atoms in total. The number of ether oxygens (including phenoxy) is 3. The molecule has 0 bridgehead atoms. The van der Waals surface area contributed by atoms with E-state index in [0.717, 1.165) is 6.07 Å². The first kappa shape index (κ1) is 26.5. The summed E-state index contributed by atoms with van der Waals surface area (Å²) >= 11 is 12.4. The van der Waals surface area contributed by atoms with Gasteiger partial charge in [-0.05, 0) is 66.2 Å². The number of amides is 2. The van der Waals surface area contributed by atoms with E-state index in [0.29, 0.717) is 43.4 Å². The number of thioether (sulfide) groups is 1. The van der Waals surface area contributed by atoms with Crippen LogP contribution in [-0.4, -0.2) is 37.0 Å². The Balaban J connectivity index is 1.44. The van der Waals surface area contributed by atoms with Gasteiger partial charge in [0.15, 0.2) is 22.4 Å². The number of carbonyl (C=O) groups excluding carboxylic acids is 2. The van der Waals surface area contributed by atoms with Crippen LogP contribution in [0.25, 0.3) is 6.08 Å². The van der Waals surface area contributed by atoms with Crippen LogP contribution in [0, 0.1) is 5.82 Å². The van der Waals surface area contributed by atoms with Crippen molar-refractivity contribution in [2.45, 2.75) is 0 Å². The monoisotopic (exact) mass is 558 g/mol. The summed E-state index contributed by atoms with van der Waals surface area (Å²) in [7, 11) is 3.04. The second-order valence-electron chi connectivity index (χ2n) is 7.59. The van der Waals surface area contributed by atoms with Crippen molar-refractivity contribution in [2.75, 3.05) is 31.0 Å². The van der Waals surface area contributed by atoms with Crippen molar-refractivity contribution in [1.29, 1.82) is 0 Å². The summed E-state index contributed by atoms with van der Waals surface area (Å²) < 4.78 is 29.9. The molecule has 0 radical (unpaired) electrons. The zero-order chi connectivity index (χ0) is 26.5. The zero-order valence-corrected chi connectivity index (χ0v) is 22.0. The van der Waals surface area contributed by atoms with Crippen LogP contribution >= 0.6 is 35.6 Å². The summed E-state index contributed by atoms with van der Waals surface area (Å²) in [5.74, 6) is 0.0999. The molecule has 1 N–H and O–H groups in total. The number of halogens is 2. The van der Waals surface area contributed by atoms with Gasteiger partial charge >= 0.3 is 0 Å². The Morgan fingerprint density at radius 2 is 1.84 bits per heavy atom. The molecular formula is C26H20ClFN2O5S2. The Labute approximate surface area is 227 Å². The molecule has 0 atom stereocenters. The molecule has 1 heterocycles. The third-order valence-corrected chi connectivity index (χ3v) is 6.76. The molecule has 0 aromatic heterocycles. The molecule has 0 saturated carbocycles. The highest BCUT2D eigenvalue weighted by Gasteiger charge is 2.33. The largest absolute Gasteiger partial charge is 0.497 e. The Morgan fingerprint density at radius 1 is 1.08 bits per heavy atom. The van der Waals surface area contributed by atoms with Gasteiger partial charge in [-0.3, -0.25) is 14.5 Å². The topological polar surface area (TPSA) is 77.1 Å². The lowest BCUT2D eigenvalue weighted by Gasteiger charge is -2.14. The first-order valence-electron chi connectivity index (χ1n) is 10.8. The van der Waals surface area contributed by atoms with Gasteiger partial charge in [-0.15, -0.1) is 0 Å². The first-order valence-corrected chi connectivity index (χ1v) is 12.4. The lowest BCUT2D eigenvalue weighted by atomic mass is 10.1. The molecule has 1 saturated heterocycles. The van der Waals surface area contributed by atoms with Crippen molar-refractivity contribution in [3.63, 3.8) is 0 Å². The number of methoxy groups -OCH3 is 2. The van der Waals surface area contributed by atoms with E-state index in [1.54, 1.807) is 55.7 Å². The van der Waals surface area contributed by atoms with Crippen LogP contribution in [0.5, 0.6) is 17.2 Å². The van der Waals surface area contributed by atoms with Crippen LogP contribution in [-0.2, 0) is 9.59 Å². The molecule has 37 heavy (non-hydrogen) atoms. The molecular weight excluding hydrogens is 539 g/mol. The first-order chi connectivity index (χ1) is 17.8. The number of thiocarbonyl (C=S) groups is 1. The number of hydrogen-bond donors (Lipinski definition) is 1. The second-order valence-corrected chi connectivity index (χ2v) is 9.67. The Hall–Kier alpha value is -3.60. The molecule has 1 aliphatic heterocycles. The van der Waals surface area contributed by atoms with Gasteiger partial charge in [-0.25, -0.2) is 4.39 Å². The van der Waals surface area contributed by atoms with Crippen molar-refractivity contribution < 1.29 is 28.2 Å². The molecule has 190 valence electrons. The molecule has 2 amide bonds. The van der Waals surface area contributed by atoms with Crippen molar-refractivity contribution >= 4 is 69.2 Å².